The summed E-state index contributed by atoms with van der Waals surface area (Å²) in [5.41, 5.74) is 18.7. The van der Waals surface area contributed by atoms with Gasteiger partial charge in [0.05, 0.1) is 0 Å². The van der Waals surface area contributed by atoms with Gasteiger partial charge in [-0.1, -0.05) is 0 Å². The number of aromatic hydroxyl groups is 1. The Kier molecular flexibility index (Phi) is 5.21. The molecular weight excluding hydrogens is 306 g/mol. The Labute approximate surface area is 142 Å². The third kappa shape index (κ3) is 4.10. The highest BCUT2D eigenvalue weighted by Gasteiger charge is 2.32. The van der Waals surface area contributed by atoms with Crippen molar-refractivity contribution in [1.82, 2.24) is 0 Å². The van der Waals surface area contributed by atoms with E-state index in [1.54, 1.807) is 0 Å². The largest absolute Gasteiger partial charge is 0.507 e. The third-order valence-electron chi connectivity index (χ3n) is 4.47. The molecule has 24 heavy (non-hydrogen) atoms. The van der Waals surface area contributed by atoms with E-state index in [9.17, 15) is 5.11 Å². The number of guanidine groups is 2. The van der Waals surface area contributed by atoms with Gasteiger partial charge in [-0.2, -0.15) is 4.99 Å². The Hall–Kier alpha value is -2.44. The maximum atomic E-state index is 10.1. The van der Waals surface area contributed by atoms with Crippen LogP contribution in [0.1, 0.15) is 42.9 Å². The molecule has 0 aromatic heterocycles. The number of hydrogen-bond acceptors (Lipinski definition) is 3. The van der Waals surface area contributed by atoms with Gasteiger partial charge in [-0.05, 0) is 63.6 Å². The van der Waals surface area contributed by atoms with Gasteiger partial charge in [0.2, 0.25) is 5.96 Å². The number of phenolic OH excluding ortho intramolecular Hbond substituents is 1. The lowest BCUT2D eigenvalue weighted by Gasteiger charge is -2.37. The SMILES string of the molecule is Cc1cc2c(c(C)c1O)CCC(C)(CCCN=C(N)N=C(N)N)O2. The highest BCUT2D eigenvalue weighted by Crippen LogP contribution is 2.41. The molecule has 0 fully saturated rings. The quantitative estimate of drug-likeness (QED) is 0.376. The average molecular weight is 333 g/mol. The fraction of sp³-hybridized carbons (Fsp3) is 0.529. The van der Waals surface area contributed by atoms with Crippen molar-refractivity contribution < 1.29 is 9.84 Å². The zero-order chi connectivity index (χ0) is 17.9. The molecule has 0 radical (unpaired) electrons. The summed E-state index contributed by atoms with van der Waals surface area (Å²) in [6.07, 6.45) is 3.47. The molecule has 132 valence electrons. The van der Waals surface area contributed by atoms with Gasteiger partial charge < -0.3 is 27.0 Å². The fourth-order valence-corrected chi connectivity index (χ4v) is 3.07. The summed E-state index contributed by atoms with van der Waals surface area (Å²) < 4.78 is 6.25. The van der Waals surface area contributed by atoms with Crippen molar-refractivity contribution in [2.24, 2.45) is 27.2 Å². The molecule has 1 heterocycles. The summed E-state index contributed by atoms with van der Waals surface area (Å²) in [5.74, 6) is 1.24. The van der Waals surface area contributed by atoms with Gasteiger partial charge in [-0.3, -0.25) is 4.99 Å². The van der Waals surface area contributed by atoms with E-state index in [-0.39, 0.29) is 17.5 Å². The first-order chi connectivity index (χ1) is 11.2. The lowest BCUT2D eigenvalue weighted by Crippen LogP contribution is -2.36. The van der Waals surface area contributed by atoms with Crippen molar-refractivity contribution in [2.45, 2.75) is 52.1 Å². The second-order valence-corrected chi connectivity index (χ2v) is 6.58. The molecule has 7 heteroatoms. The van der Waals surface area contributed by atoms with E-state index in [0.717, 1.165) is 48.1 Å². The molecule has 0 spiro atoms. The molecule has 1 unspecified atom stereocenters. The standard InChI is InChI=1S/C17H27N5O2/c1-10-9-13-12(11(2)14(10)23)5-7-17(3,24-13)6-4-8-21-16(20)22-15(18)19/h9,23H,4-8H2,1-3H3,(H6,18,19,20,21,22). The van der Waals surface area contributed by atoms with Crippen LogP contribution in [0.4, 0.5) is 0 Å². The van der Waals surface area contributed by atoms with Gasteiger partial charge in [0.15, 0.2) is 5.96 Å². The van der Waals surface area contributed by atoms with Crippen LogP contribution in [0, 0.1) is 13.8 Å². The zero-order valence-corrected chi connectivity index (χ0v) is 14.6. The van der Waals surface area contributed by atoms with Gasteiger partial charge in [0.1, 0.15) is 17.1 Å². The minimum atomic E-state index is -0.247. The topological polar surface area (TPSA) is 132 Å². The van der Waals surface area contributed by atoms with Crippen molar-refractivity contribution in [3.05, 3.63) is 22.8 Å². The van der Waals surface area contributed by atoms with Gasteiger partial charge in [0.25, 0.3) is 0 Å². The molecule has 1 aliphatic rings. The van der Waals surface area contributed by atoms with E-state index in [1.807, 2.05) is 19.9 Å². The first-order valence-corrected chi connectivity index (χ1v) is 8.12. The van der Waals surface area contributed by atoms with Crippen LogP contribution in [0.15, 0.2) is 16.1 Å². The van der Waals surface area contributed by atoms with Crippen molar-refractivity contribution in [3.8, 4) is 11.5 Å². The summed E-state index contributed by atoms with van der Waals surface area (Å²) in [7, 11) is 0. The van der Waals surface area contributed by atoms with Crippen molar-refractivity contribution in [3.63, 3.8) is 0 Å². The van der Waals surface area contributed by atoms with Crippen LogP contribution in [0.2, 0.25) is 0 Å². The van der Waals surface area contributed by atoms with E-state index in [0.29, 0.717) is 12.3 Å². The minimum absolute atomic E-state index is 0.0931. The number of aryl methyl sites for hydroxylation is 1. The molecule has 1 aliphatic heterocycles. The number of nitrogens with two attached hydrogens (primary N) is 3. The summed E-state index contributed by atoms with van der Waals surface area (Å²) in [6.45, 7) is 6.48. The molecule has 0 bridgehead atoms. The second kappa shape index (κ2) is 6.98. The zero-order valence-electron chi connectivity index (χ0n) is 14.6. The lowest BCUT2D eigenvalue weighted by molar-refractivity contribution is 0.0544. The number of rotatable bonds is 4. The number of fused-ring (bicyclic) bond motifs is 1. The maximum absolute atomic E-state index is 10.1. The monoisotopic (exact) mass is 333 g/mol. The number of ether oxygens (including phenoxy) is 1. The molecule has 0 saturated carbocycles. The van der Waals surface area contributed by atoms with Crippen molar-refractivity contribution in [2.75, 3.05) is 6.54 Å². The van der Waals surface area contributed by atoms with Crippen molar-refractivity contribution in [1.29, 1.82) is 0 Å². The average Bonchev–Trinajstić information content (AvgIpc) is 2.48. The lowest BCUT2D eigenvalue weighted by atomic mass is 9.86. The van der Waals surface area contributed by atoms with Gasteiger partial charge >= 0.3 is 0 Å². The highest BCUT2D eigenvalue weighted by atomic mass is 16.5. The van der Waals surface area contributed by atoms with Crippen LogP contribution in [-0.4, -0.2) is 29.2 Å². The first kappa shape index (κ1) is 17.9. The molecule has 1 aromatic rings. The van der Waals surface area contributed by atoms with E-state index in [4.69, 9.17) is 21.9 Å². The number of aliphatic imine (C=N–C) groups is 2. The van der Waals surface area contributed by atoms with E-state index >= 15 is 0 Å². The number of phenols is 1. The normalized spacial score (nSPS) is 20.2. The molecule has 0 amide bonds. The predicted molar refractivity (Wildman–Crippen MR) is 96.5 cm³/mol. The summed E-state index contributed by atoms with van der Waals surface area (Å²) in [4.78, 5) is 7.80. The molecule has 0 saturated heterocycles. The van der Waals surface area contributed by atoms with E-state index in [1.165, 1.54) is 0 Å². The van der Waals surface area contributed by atoms with Crippen LogP contribution < -0.4 is 21.9 Å². The molecule has 7 nitrogen and oxygen atoms in total. The number of benzene rings is 1. The summed E-state index contributed by atoms with van der Waals surface area (Å²) in [6, 6.07) is 1.92. The third-order valence-corrected chi connectivity index (χ3v) is 4.47. The molecule has 1 aromatic carbocycles. The number of nitrogens with zero attached hydrogens (tertiary/aromatic N) is 2. The van der Waals surface area contributed by atoms with Crippen LogP contribution in [0.3, 0.4) is 0 Å². The van der Waals surface area contributed by atoms with Gasteiger partial charge in [-0.15, -0.1) is 0 Å². The minimum Gasteiger partial charge on any atom is -0.507 e. The van der Waals surface area contributed by atoms with Crippen LogP contribution >= 0.6 is 0 Å². The van der Waals surface area contributed by atoms with Crippen LogP contribution in [0.5, 0.6) is 11.5 Å². The molecule has 0 aliphatic carbocycles. The Balaban J connectivity index is 2.00. The predicted octanol–water partition coefficient (Wildman–Crippen LogP) is 1.46. The smallest absolute Gasteiger partial charge is 0.218 e. The first-order valence-electron chi connectivity index (χ1n) is 8.12. The molecule has 2 rings (SSSR count). The van der Waals surface area contributed by atoms with E-state index in [2.05, 4.69) is 16.9 Å². The second-order valence-electron chi connectivity index (χ2n) is 6.58. The molecular formula is C17H27N5O2. The Morgan fingerprint density at radius 2 is 2.04 bits per heavy atom. The molecule has 1 atom stereocenters. The highest BCUT2D eigenvalue weighted by molar-refractivity contribution is 5.92. The Morgan fingerprint density at radius 3 is 2.71 bits per heavy atom. The Morgan fingerprint density at radius 1 is 1.33 bits per heavy atom. The van der Waals surface area contributed by atoms with Gasteiger partial charge in [-0.25, -0.2) is 0 Å². The fourth-order valence-electron chi connectivity index (χ4n) is 3.07. The maximum Gasteiger partial charge on any atom is 0.218 e. The molecule has 7 N–H and O–H groups in total. The van der Waals surface area contributed by atoms with Gasteiger partial charge in [0, 0.05) is 12.1 Å². The van der Waals surface area contributed by atoms with Crippen molar-refractivity contribution >= 4 is 11.9 Å². The number of hydrogen-bond donors (Lipinski definition) is 4. The Bertz CT molecular complexity index is 680. The summed E-state index contributed by atoms with van der Waals surface area (Å²) >= 11 is 0. The summed E-state index contributed by atoms with van der Waals surface area (Å²) in [5, 5.41) is 10.1. The van der Waals surface area contributed by atoms with Crippen LogP contribution in [0.25, 0.3) is 0 Å². The van der Waals surface area contributed by atoms with E-state index < -0.39 is 0 Å². The van der Waals surface area contributed by atoms with Crippen LogP contribution in [-0.2, 0) is 6.42 Å².